The van der Waals surface area contributed by atoms with E-state index in [1.807, 2.05) is 31.3 Å². The van der Waals surface area contributed by atoms with Gasteiger partial charge in [-0.15, -0.1) is 0 Å². The number of carbonyl (C=O) groups is 1. The molecule has 0 N–H and O–H groups in total. The van der Waals surface area contributed by atoms with Gasteiger partial charge < -0.3 is 0 Å². The van der Waals surface area contributed by atoms with E-state index in [-0.39, 0.29) is 0 Å². The number of ketones is 1. The van der Waals surface area contributed by atoms with Crippen molar-refractivity contribution in [1.82, 2.24) is 4.90 Å². The average Bonchev–Trinajstić information content (AvgIpc) is 2.81. The lowest BCUT2D eigenvalue weighted by Gasteiger charge is -2.18. The maximum absolute atomic E-state index is 12.0. The van der Waals surface area contributed by atoms with Crippen LogP contribution in [0.3, 0.4) is 0 Å². The number of halogens is 1. The molecule has 98 valence electrons. The molecule has 1 aromatic rings. The van der Waals surface area contributed by atoms with E-state index in [1.165, 1.54) is 12.8 Å². The normalized spacial score (nSPS) is 16.4. The number of hydrogen-bond acceptors (Lipinski definition) is 2. The fourth-order valence-corrected chi connectivity index (χ4v) is 2.86. The summed E-state index contributed by atoms with van der Waals surface area (Å²) in [6, 6.07) is 7.82. The maximum atomic E-state index is 12.0. The Bertz CT molecular complexity index is 413. The standard InChI is InChI=1S/C15H20ClNO/c1-17(10-12-5-4-8-14(16)9-12)11-15(18)13-6-2-3-7-13/h4-5,8-9,13H,2-3,6-7,10-11H2,1H3. The lowest BCUT2D eigenvalue weighted by molar-refractivity contribution is -0.123. The molecule has 0 aromatic heterocycles. The van der Waals surface area contributed by atoms with Gasteiger partial charge >= 0.3 is 0 Å². The van der Waals surface area contributed by atoms with Crippen LogP contribution in [0.5, 0.6) is 0 Å². The number of Topliss-reactive ketones (excluding diaryl/α,β-unsaturated/α-hetero) is 1. The monoisotopic (exact) mass is 265 g/mol. The van der Waals surface area contributed by atoms with Crippen molar-refractivity contribution >= 4 is 17.4 Å². The highest BCUT2D eigenvalue weighted by molar-refractivity contribution is 6.30. The molecule has 0 heterocycles. The summed E-state index contributed by atoms with van der Waals surface area (Å²) in [5.74, 6) is 0.712. The Hall–Kier alpha value is -0.860. The molecular weight excluding hydrogens is 246 g/mol. The van der Waals surface area contributed by atoms with Gasteiger partial charge in [-0.05, 0) is 37.6 Å². The summed E-state index contributed by atoms with van der Waals surface area (Å²) in [4.78, 5) is 14.1. The summed E-state index contributed by atoms with van der Waals surface area (Å²) in [5.41, 5.74) is 1.16. The highest BCUT2D eigenvalue weighted by atomic mass is 35.5. The van der Waals surface area contributed by atoms with Crippen molar-refractivity contribution < 1.29 is 4.79 Å². The summed E-state index contributed by atoms with van der Waals surface area (Å²) in [6.45, 7) is 1.33. The number of hydrogen-bond donors (Lipinski definition) is 0. The molecule has 0 unspecified atom stereocenters. The number of rotatable bonds is 5. The predicted molar refractivity (Wildman–Crippen MR) is 74.8 cm³/mol. The van der Waals surface area contributed by atoms with Gasteiger partial charge in [0, 0.05) is 17.5 Å². The summed E-state index contributed by atoms with van der Waals surface area (Å²) in [7, 11) is 1.99. The fraction of sp³-hybridized carbons (Fsp3) is 0.533. The maximum Gasteiger partial charge on any atom is 0.149 e. The van der Waals surface area contributed by atoms with Gasteiger partial charge in [-0.25, -0.2) is 0 Å². The van der Waals surface area contributed by atoms with E-state index in [0.29, 0.717) is 18.2 Å². The molecule has 1 aliphatic carbocycles. The second kappa shape index (κ2) is 6.35. The Morgan fingerprint density at radius 2 is 2.11 bits per heavy atom. The smallest absolute Gasteiger partial charge is 0.149 e. The SMILES string of the molecule is CN(CC(=O)C1CCCC1)Cc1cccc(Cl)c1. The highest BCUT2D eigenvalue weighted by Crippen LogP contribution is 2.25. The molecule has 2 rings (SSSR count). The Labute approximate surface area is 114 Å². The van der Waals surface area contributed by atoms with Crippen molar-refractivity contribution in [2.45, 2.75) is 32.2 Å². The highest BCUT2D eigenvalue weighted by Gasteiger charge is 2.23. The third-order valence-corrected chi connectivity index (χ3v) is 3.81. The zero-order chi connectivity index (χ0) is 13.0. The van der Waals surface area contributed by atoms with E-state index in [1.54, 1.807) is 0 Å². The molecule has 1 fully saturated rings. The van der Waals surface area contributed by atoms with Crippen molar-refractivity contribution in [3.05, 3.63) is 34.9 Å². The lowest BCUT2D eigenvalue weighted by atomic mass is 10.0. The first-order valence-corrected chi connectivity index (χ1v) is 6.98. The number of benzene rings is 1. The Kier molecular flexibility index (Phi) is 4.79. The lowest BCUT2D eigenvalue weighted by Crippen LogP contribution is -2.29. The van der Waals surface area contributed by atoms with Crippen LogP contribution < -0.4 is 0 Å². The Morgan fingerprint density at radius 1 is 1.39 bits per heavy atom. The number of nitrogens with zero attached hydrogens (tertiary/aromatic N) is 1. The van der Waals surface area contributed by atoms with Crippen LogP contribution in [-0.2, 0) is 11.3 Å². The summed E-state index contributed by atoms with van der Waals surface area (Å²) < 4.78 is 0. The molecule has 0 radical (unpaired) electrons. The van der Waals surface area contributed by atoms with E-state index in [4.69, 9.17) is 11.6 Å². The average molecular weight is 266 g/mol. The Balaban J connectivity index is 1.84. The van der Waals surface area contributed by atoms with Crippen molar-refractivity contribution in [2.75, 3.05) is 13.6 Å². The molecule has 0 bridgehead atoms. The van der Waals surface area contributed by atoms with E-state index in [0.717, 1.165) is 30.0 Å². The molecule has 1 saturated carbocycles. The van der Waals surface area contributed by atoms with E-state index in [9.17, 15) is 4.79 Å². The van der Waals surface area contributed by atoms with E-state index in [2.05, 4.69) is 4.90 Å². The van der Waals surface area contributed by atoms with Crippen LogP contribution in [0.2, 0.25) is 5.02 Å². The zero-order valence-corrected chi connectivity index (χ0v) is 11.6. The molecule has 3 heteroatoms. The second-order valence-electron chi connectivity index (χ2n) is 5.25. The van der Waals surface area contributed by atoms with Crippen LogP contribution in [0.1, 0.15) is 31.2 Å². The topological polar surface area (TPSA) is 20.3 Å². The van der Waals surface area contributed by atoms with Gasteiger partial charge in [0.05, 0.1) is 6.54 Å². The molecule has 1 aliphatic rings. The van der Waals surface area contributed by atoms with E-state index >= 15 is 0 Å². The first-order valence-electron chi connectivity index (χ1n) is 6.61. The second-order valence-corrected chi connectivity index (χ2v) is 5.69. The summed E-state index contributed by atoms with van der Waals surface area (Å²) >= 11 is 5.95. The van der Waals surface area contributed by atoms with Crippen molar-refractivity contribution in [3.63, 3.8) is 0 Å². The van der Waals surface area contributed by atoms with Crippen molar-refractivity contribution in [1.29, 1.82) is 0 Å². The summed E-state index contributed by atoms with van der Waals surface area (Å²) in [5, 5.41) is 0.753. The molecule has 0 amide bonds. The van der Waals surface area contributed by atoms with Crippen molar-refractivity contribution in [3.8, 4) is 0 Å². The minimum atomic E-state index is 0.312. The molecule has 0 spiro atoms. The number of carbonyl (C=O) groups excluding carboxylic acids is 1. The largest absolute Gasteiger partial charge is 0.298 e. The van der Waals surface area contributed by atoms with Crippen LogP contribution in [0.25, 0.3) is 0 Å². The third-order valence-electron chi connectivity index (χ3n) is 3.58. The van der Waals surface area contributed by atoms with Gasteiger partial charge in [-0.2, -0.15) is 0 Å². The molecule has 0 aliphatic heterocycles. The first kappa shape index (κ1) is 13.6. The quantitative estimate of drug-likeness (QED) is 0.812. The van der Waals surface area contributed by atoms with Gasteiger partial charge in [-0.3, -0.25) is 9.69 Å². The fourth-order valence-electron chi connectivity index (χ4n) is 2.65. The van der Waals surface area contributed by atoms with Gasteiger partial charge in [0.25, 0.3) is 0 Å². The molecular formula is C15H20ClNO. The number of likely N-dealkylation sites (N-methyl/N-ethyl adjacent to an activating group) is 1. The third kappa shape index (κ3) is 3.82. The zero-order valence-electron chi connectivity index (χ0n) is 10.9. The molecule has 0 saturated heterocycles. The van der Waals surface area contributed by atoms with Gasteiger partial charge in [-0.1, -0.05) is 36.6 Å². The van der Waals surface area contributed by atoms with Crippen LogP contribution in [0.15, 0.2) is 24.3 Å². The first-order chi connectivity index (χ1) is 8.65. The van der Waals surface area contributed by atoms with Crippen LogP contribution >= 0.6 is 11.6 Å². The molecule has 2 nitrogen and oxygen atoms in total. The minimum Gasteiger partial charge on any atom is -0.298 e. The van der Waals surface area contributed by atoms with Gasteiger partial charge in [0.1, 0.15) is 5.78 Å². The van der Waals surface area contributed by atoms with Crippen LogP contribution in [0.4, 0.5) is 0 Å². The van der Waals surface area contributed by atoms with Gasteiger partial charge in [0.15, 0.2) is 0 Å². The van der Waals surface area contributed by atoms with Crippen LogP contribution in [-0.4, -0.2) is 24.3 Å². The van der Waals surface area contributed by atoms with Crippen LogP contribution in [0, 0.1) is 5.92 Å². The molecule has 18 heavy (non-hydrogen) atoms. The predicted octanol–water partition coefficient (Wildman–Crippen LogP) is 3.53. The summed E-state index contributed by atoms with van der Waals surface area (Å²) in [6.07, 6.45) is 4.61. The molecule has 1 aromatic carbocycles. The minimum absolute atomic E-state index is 0.312. The molecule has 0 atom stereocenters. The van der Waals surface area contributed by atoms with Gasteiger partial charge in [0.2, 0.25) is 0 Å². The van der Waals surface area contributed by atoms with Crippen molar-refractivity contribution in [2.24, 2.45) is 5.92 Å². The Morgan fingerprint density at radius 3 is 2.78 bits per heavy atom. The van der Waals surface area contributed by atoms with E-state index < -0.39 is 0 Å².